The molecule has 1 saturated heterocycles. The fourth-order valence-electron chi connectivity index (χ4n) is 1.92. The van der Waals surface area contributed by atoms with Crippen molar-refractivity contribution in [3.63, 3.8) is 0 Å². The Kier molecular flexibility index (Phi) is 2.81. The maximum absolute atomic E-state index is 6.02. The van der Waals surface area contributed by atoms with Gasteiger partial charge in [-0.1, -0.05) is 0 Å². The molecule has 1 aliphatic rings. The van der Waals surface area contributed by atoms with Gasteiger partial charge in [0.15, 0.2) is 0 Å². The van der Waals surface area contributed by atoms with Crippen LogP contribution in [-0.2, 0) is 4.74 Å². The Balaban J connectivity index is 1.89. The molecule has 1 aliphatic heterocycles. The van der Waals surface area contributed by atoms with Crippen LogP contribution >= 0.6 is 0 Å². The van der Waals surface area contributed by atoms with E-state index in [1.54, 1.807) is 18.6 Å². The molecular formula is C11H14N6O. The van der Waals surface area contributed by atoms with Crippen LogP contribution in [0.2, 0.25) is 0 Å². The summed E-state index contributed by atoms with van der Waals surface area (Å²) in [4.78, 5) is 8.03. The molecular weight excluding hydrogens is 232 g/mol. The molecule has 0 atom stereocenters. The van der Waals surface area contributed by atoms with Crippen molar-refractivity contribution in [1.29, 1.82) is 0 Å². The van der Waals surface area contributed by atoms with Crippen molar-refractivity contribution in [3.8, 4) is 5.69 Å². The number of pyridine rings is 1. The first kappa shape index (κ1) is 11.0. The van der Waals surface area contributed by atoms with Gasteiger partial charge in [-0.05, 0) is 0 Å². The van der Waals surface area contributed by atoms with Crippen molar-refractivity contribution in [1.82, 2.24) is 20.0 Å². The van der Waals surface area contributed by atoms with Crippen LogP contribution in [-0.4, -0.2) is 46.3 Å². The molecule has 0 spiro atoms. The minimum atomic E-state index is 0.614. The summed E-state index contributed by atoms with van der Waals surface area (Å²) in [6.45, 7) is 3.13. The summed E-state index contributed by atoms with van der Waals surface area (Å²) in [5.41, 5.74) is 7.33. The monoisotopic (exact) mass is 246 g/mol. The highest BCUT2D eigenvalue weighted by atomic mass is 16.5. The highest BCUT2D eigenvalue weighted by Gasteiger charge is 2.14. The number of nitrogens with two attached hydrogens (primary N) is 1. The summed E-state index contributed by atoms with van der Waals surface area (Å²) in [6.07, 6.45) is 4.91. The molecule has 7 nitrogen and oxygen atoms in total. The predicted molar refractivity (Wildman–Crippen MR) is 66.6 cm³/mol. The van der Waals surface area contributed by atoms with E-state index < -0.39 is 0 Å². The van der Waals surface area contributed by atoms with Crippen molar-refractivity contribution >= 4 is 11.5 Å². The molecule has 0 radical (unpaired) electrons. The number of nitrogens with zero attached hydrogens (tertiary/aromatic N) is 5. The Labute approximate surface area is 104 Å². The van der Waals surface area contributed by atoms with E-state index in [4.69, 9.17) is 10.5 Å². The second-order valence-electron chi connectivity index (χ2n) is 4.02. The Morgan fingerprint density at radius 1 is 1.17 bits per heavy atom. The van der Waals surface area contributed by atoms with E-state index in [1.165, 1.54) is 4.80 Å². The maximum Gasteiger partial charge on any atom is 0.130 e. The topological polar surface area (TPSA) is 82.1 Å². The molecule has 3 heterocycles. The van der Waals surface area contributed by atoms with Gasteiger partial charge >= 0.3 is 0 Å². The molecule has 1 fully saturated rings. The lowest BCUT2D eigenvalue weighted by atomic mass is 10.3. The summed E-state index contributed by atoms with van der Waals surface area (Å²) in [5, 5.41) is 8.08. The van der Waals surface area contributed by atoms with Crippen LogP contribution in [0.1, 0.15) is 0 Å². The van der Waals surface area contributed by atoms with E-state index in [1.807, 2.05) is 6.07 Å². The first-order chi connectivity index (χ1) is 8.84. The lowest BCUT2D eigenvalue weighted by Gasteiger charge is -2.28. The molecule has 0 aromatic carbocycles. The quantitative estimate of drug-likeness (QED) is 0.808. The van der Waals surface area contributed by atoms with Gasteiger partial charge in [-0.25, -0.2) is 4.98 Å². The summed E-state index contributed by atoms with van der Waals surface area (Å²) in [7, 11) is 0. The van der Waals surface area contributed by atoms with Crippen molar-refractivity contribution in [2.24, 2.45) is 0 Å². The van der Waals surface area contributed by atoms with Crippen LogP contribution < -0.4 is 10.6 Å². The van der Waals surface area contributed by atoms with Crippen LogP contribution in [0.3, 0.4) is 0 Å². The summed E-state index contributed by atoms with van der Waals surface area (Å²) >= 11 is 0. The van der Waals surface area contributed by atoms with Gasteiger partial charge in [0.25, 0.3) is 0 Å². The summed E-state index contributed by atoms with van der Waals surface area (Å²) in [6, 6.07) is 1.85. The molecule has 0 amide bonds. The van der Waals surface area contributed by atoms with Gasteiger partial charge in [0, 0.05) is 19.2 Å². The fraction of sp³-hybridized carbons (Fsp3) is 0.364. The highest BCUT2D eigenvalue weighted by molar-refractivity contribution is 5.61. The average molecular weight is 246 g/mol. The third kappa shape index (κ3) is 2.00. The molecule has 3 rings (SSSR count). The molecule has 0 saturated carbocycles. The molecule has 2 aromatic heterocycles. The van der Waals surface area contributed by atoms with Gasteiger partial charge in [0.2, 0.25) is 0 Å². The number of nitrogen functional groups attached to an aromatic ring is 1. The smallest absolute Gasteiger partial charge is 0.130 e. The van der Waals surface area contributed by atoms with Crippen molar-refractivity contribution in [2.75, 3.05) is 36.9 Å². The van der Waals surface area contributed by atoms with Crippen molar-refractivity contribution in [2.45, 2.75) is 0 Å². The van der Waals surface area contributed by atoms with Gasteiger partial charge in [0.1, 0.15) is 11.5 Å². The van der Waals surface area contributed by atoms with E-state index in [9.17, 15) is 0 Å². The van der Waals surface area contributed by atoms with Crippen LogP contribution in [0.15, 0.2) is 24.7 Å². The molecule has 0 aliphatic carbocycles. The van der Waals surface area contributed by atoms with Gasteiger partial charge in [-0.3, -0.25) is 0 Å². The molecule has 94 valence electrons. The molecule has 7 heteroatoms. The molecule has 2 N–H and O–H groups in total. The molecule has 0 unspecified atom stereocenters. The van der Waals surface area contributed by atoms with E-state index in [0.29, 0.717) is 11.4 Å². The molecule has 0 bridgehead atoms. The first-order valence-electron chi connectivity index (χ1n) is 5.79. The Morgan fingerprint density at radius 3 is 2.56 bits per heavy atom. The van der Waals surface area contributed by atoms with E-state index in [0.717, 1.165) is 32.1 Å². The number of hydrogen-bond donors (Lipinski definition) is 1. The second-order valence-corrected chi connectivity index (χ2v) is 4.02. The largest absolute Gasteiger partial charge is 0.397 e. The van der Waals surface area contributed by atoms with Crippen LogP contribution in [0.25, 0.3) is 5.69 Å². The minimum absolute atomic E-state index is 0.614. The third-order valence-corrected chi connectivity index (χ3v) is 2.87. The first-order valence-corrected chi connectivity index (χ1v) is 5.79. The fourth-order valence-corrected chi connectivity index (χ4v) is 1.92. The van der Waals surface area contributed by atoms with Gasteiger partial charge in [-0.15, -0.1) is 4.80 Å². The number of hydrogen-bond acceptors (Lipinski definition) is 6. The SMILES string of the molecule is Nc1cc(N2CCOCC2)ncc1-n1nccn1. The van der Waals surface area contributed by atoms with Gasteiger partial charge in [0.05, 0.1) is 37.5 Å². The van der Waals surface area contributed by atoms with E-state index >= 15 is 0 Å². The zero-order valence-corrected chi connectivity index (χ0v) is 9.86. The maximum atomic E-state index is 6.02. The van der Waals surface area contributed by atoms with Gasteiger partial charge < -0.3 is 15.4 Å². The lowest BCUT2D eigenvalue weighted by Crippen LogP contribution is -2.36. The second kappa shape index (κ2) is 4.61. The Morgan fingerprint density at radius 2 is 1.89 bits per heavy atom. The number of morpholine rings is 1. The lowest BCUT2D eigenvalue weighted by molar-refractivity contribution is 0.122. The Bertz CT molecular complexity index is 520. The van der Waals surface area contributed by atoms with Crippen LogP contribution in [0, 0.1) is 0 Å². The minimum Gasteiger partial charge on any atom is -0.397 e. The third-order valence-electron chi connectivity index (χ3n) is 2.87. The number of ether oxygens (including phenoxy) is 1. The number of rotatable bonds is 2. The molecule has 2 aromatic rings. The number of anilines is 2. The van der Waals surface area contributed by atoms with E-state index in [2.05, 4.69) is 20.1 Å². The standard InChI is InChI=1S/C11H14N6O/c12-9-7-11(16-3-5-18-6-4-16)13-8-10(9)17-14-1-2-15-17/h1-2,7-8H,3-6H2,(H2,12,13). The van der Waals surface area contributed by atoms with E-state index in [-0.39, 0.29) is 0 Å². The summed E-state index contributed by atoms with van der Waals surface area (Å²) in [5.74, 6) is 0.867. The van der Waals surface area contributed by atoms with Crippen LogP contribution in [0.4, 0.5) is 11.5 Å². The van der Waals surface area contributed by atoms with Crippen LogP contribution in [0.5, 0.6) is 0 Å². The zero-order valence-electron chi connectivity index (χ0n) is 9.86. The zero-order chi connectivity index (χ0) is 12.4. The highest BCUT2D eigenvalue weighted by Crippen LogP contribution is 2.21. The Hall–Kier alpha value is -2.15. The van der Waals surface area contributed by atoms with Crippen molar-refractivity contribution < 1.29 is 4.74 Å². The summed E-state index contributed by atoms with van der Waals surface area (Å²) < 4.78 is 5.31. The van der Waals surface area contributed by atoms with Crippen molar-refractivity contribution in [3.05, 3.63) is 24.7 Å². The predicted octanol–water partition coefficient (Wildman–Crippen LogP) is 0.0811. The normalized spacial score (nSPS) is 15.9. The average Bonchev–Trinajstić information content (AvgIpc) is 2.93. The number of aromatic nitrogens is 4. The van der Waals surface area contributed by atoms with Gasteiger partial charge in [-0.2, -0.15) is 10.2 Å². The molecule has 18 heavy (non-hydrogen) atoms.